The highest BCUT2D eigenvalue weighted by molar-refractivity contribution is 9.10. The van der Waals surface area contributed by atoms with E-state index in [2.05, 4.69) is 41.8 Å². The Hall–Kier alpha value is -3.42. The van der Waals surface area contributed by atoms with Crippen molar-refractivity contribution in [2.75, 3.05) is 6.61 Å². The summed E-state index contributed by atoms with van der Waals surface area (Å²) in [5.74, 6) is 1.32. The molecule has 0 radical (unpaired) electrons. The third-order valence-corrected chi connectivity index (χ3v) is 6.26. The second-order valence-corrected chi connectivity index (χ2v) is 10.9. The van der Waals surface area contributed by atoms with Crippen LogP contribution in [0.2, 0.25) is 5.02 Å². The Morgan fingerprint density at radius 1 is 1.11 bits per heavy atom. The molecular formula is C28H23BrClN3O3. The number of para-hydroxylation sites is 2. The molecule has 0 saturated carbocycles. The predicted molar refractivity (Wildman–Crippen MR) is 148 cm³/mol. The summed E-state index contributed by atoms with van der Waals surface area (Å²) in [6.45, 7) is 6.78. The molecule has 8 heteroatoms. The van der Waals surface area contributed by atoms with Crippen LogP contribution in [-0.4, -0.2) is 22.5 Å². The summed E-state index contributed by atoms with van der Waals surface area (Å²) in [5.41, 5.74) is 1.64. The van der Waals surface area contributed by atoms with Crippen molar-refractivity contribution in [3.63, 3.8) is 0 Å². The molecule has 0 spiro atoms. The van der Waals surface area contributed by atoms with Gasteiger partial charge in [0.25, 0.3) is 5.56 Å². The number of hydrogen-bond acceptors (Lipinski definition) is 5. The van der Waals surface area contributed by atoms with E-state index in [9.17, 15) is 4.79 Å². The minimum atomic E-state index is -0.303. The molecule has 0 aliphatic rings. The summed E-state index contributed by atoms with van der Waals surface area (Å²) < 4.78 is 13.9. The summed E-state index contributed by atoms with van der Waals surface area (Å²) in [6, 6.07) is 20.2. The number of furan rings is 1. The zero-order valence-electron chi connectivity index (χ0n) is 20.0. The smallest absolute Gasteiger partial charge is 0.282 e. The molecule has 0 unspecified atom stereocenters. The van der Waals surface area contributed by atoms with Gasteiger partial charge in [-0.2, -0.15) is 9.78 Å². The first-order chi connectivity index (χ1) is 17.2. The van der Waals surface area contributed by atoms with Crippen LogP contribution in [0.5, 0.6) is 5.75 Å². The number of aromatic nitrogens is 2. The van der Waals surface area contributed by atoms with Crippen molar-refractivity contribution >= 4 is 55.6 Å². The molecule has 0 amide bonds. The number of rotatable bonds is 5. The second-order valence-electron chi connectivity index (χ2n) is 9.63. The van der Waals surface area contributed by atoms with Crippen LogP contribution in [0.1, 0.15) is 26.3 Å². The van der Waals surface area contributed by atoms with Gasteiger partial charge in [0.15, 0.2) is 11.5 Å². The fourth-order valence-electron chi connectivity index (χ4n) is 3.69. The van der Waals surface area contributed by atoms with Gasteiger partial charge in [0.1, 0.15) is 5.58 Å². The number of halogens is 2. The first kappa shape index (κ1) is 24.3. The highest BCUT2D eigenvalue weighted by Gasteiger charge is 2.17. The number of ether oxygens (including phenoxy) is 1. The fourth-order valence-corrected chi connectivity index (χ4v) is 4.68. The van der Waals surface area contributed by atoms with Crippen molar-refractivity contribution in [2.45, 2.75) is 20.8 Å². The number of fused-ring (bicyclic) bond motifs is 2. The average molecular weight is 565 g/mol. The minimum absolute atomic E-state index is 0.0137. The van der Waals surface area contributed by atoms with Gasteiger partial charge in [-0.3, -0.25) is 4.79 Å². The van der Waals surface area contributed by atoms with E-state index in [-0.39, 0.29) is 11.0 Å². The molecule has 182 valence electrons. The molecule has 0 fully saturated rings. The van der Waals surface area contributed by atoms with E-state index in [1.807, 2.05) is 42.5 Å². The Morgan fingerprint density at radius 2 is 1.86 bits per heavy atom. The fraction of sp³-hybridized carbons (Fsp3) is 0.179. The van der Waals surface area contributed by atoms with Gasteiger partial charge < -0.3 is 9.15 Å². The molecule has 0 aliphatic heterocycles. The van der Waals surface area contributed by atoms with Crippen LogP contribution in [-0.2, 0) is 0 Å². The molecule has 0 atom stereocenters. The first-order valence-corrected chi connectivity index (χ1v) is 12.5. The second kappa shape index (κ2) is 9.56. The molecule has 6 nitrogen and oxygen atoms in total. The Bertz CT molecular complexity index is 1630. The topological polar surface area (TPSA) is 69.6 Å². The van der Waals surface area contributed by atoms with E-state index in [4.69, 9.17) is 25.7 Å². The lowest BCUT2D eigenvalue weighted by Gasteiger charge is -2.20. The highest BCUT2D eigenvalue weighted by Crippen LogP contribution is 2.35. The van der Waals surface area contributed by atoms with Crippen LogP contribution >= 0.6 is 27.5 Å². The van der Waals surface area contributed by atoms with Crippen molar-refractivity contribution < 1.29 is 9.15 Å². The molecule has 0 saturated heterocycles. The maximum absolute atomic E-state index is 13.4. The number of nitrogens with zero attached hydrogens (tertiary/aromatic N) is 3. The lowest BCUT2D eigenvalue weighted by Crippen LogP contribution is -2.20. The number of hydrogen-bond donors (Lipinski definition) is 0. The molecule has 2 aromatic heterocycles. The van der Waals surface area contributed by atoms with Crippen molar-refractivity contribution in [3.8, 4) is 17.3 Å². The van der Waals surface area contributed by atoms with Gasteiger partial charge in [-0.25, -0.2) is 4.98 Å². The molecule has 5 rings (SSSR count). The summed E-state index contributed by atoms with van der Waals surface area (Å²) >= 11 is 10.1. The summed E-state index contributed by atoms with van der Waals surface area (Å²) in [6.07, 6.45) is 1.56. The van der Waals surface area contributed by atoms with Crippen molar-refractivity contribution in [3.05, 3.63) is 92.1 Å². The third kappa shape index (κ3) is 4.94. The lowest BCUT2D eigenvalue weighted by atomic mass is 9.99. The Balaban J connectivity index is 1.59. The third-order valence-electron chi connectivity index (χ3n) is 5.39. The average Bonchev–Trinajstić information content (AvgIpc) is 3.26. The molecule has 2 heterocycles. The molecule has 0 aliphatic carbocycles. The molecule has 0 N–H and O–H groups in total. The minimum Gasteiger partial charge on any atom is -0.490 e. The van der Waals surface area contributed by atoms with Crippen LogP contribution in [0.3, 0.4) is 0 Å². The highest BCUT2D eigenvalue weighted by atomic mass is 79.9. The Kier molecular flexibility index (Phi) is 6.45. The summed E-state index contributed by atoms with van der Waals surface area (Å²) in [5, 5.41) is 6.31. The molecular weight excluding hydrogens is 542 g/mol. The molecule has 0 bridgehead atoms. The van der Waals surface area contributed by atoms with Crippen molar-refractivity contribution in [1.29, 1.82) is 0 Å². The Labute approximate surface area is 221 Å². The van der Waals surface area contributed by atoms with Crippen LogP contribution in [0.4, 0.5) is 0 Å². The van der Waals surface area contributed by atoms with Gasteiger partial charge in [0.05, 0.1) is 33.2 Å². The van der Waals surface area contributed by atoms with E-state index in [0.717, 1.165) is 5.39 Å². The van der Waals surface area contributed by atoms with E-state index in [1.54, 1.807) is 30.5 Å². The maximum Gasteiger partial charge on any atom is 0.282 e. The predicted octanol–water partition coefficient (Wildman–Crippen LogP) is 7.53. The lowest BCUT2D eigenvalue weighted by molar-refractivity contribution is 0.197. The van der Waals surface area contributed by atoms with Gasteiger partial charge in [0, 0.05) is 5.39 Å². The SMILES string of the molecule is CC(C)(C)COc1c(Cl)cc(C=Nn2c(-c3cc4ccccc4o3)nc3ccccc3c2=O)cc1Br. The van der Waals surface area contributed by atoms with Crippen LogP contribution in [0.25, 0.3) is 33.5 Å². The summed E-state index contributed by atoms with van der Waals surface area (Å²) in [4.78, 5) is 18.1. The van der Waals surface area contributed by atoms with Gasteiger partial charge in [-0.1, -0.05) is 62.7 Å². The maximum atomic E-state index is 13.4. The quantitative estimate of drug-likeness (QED) is 0.207. The first-order valence-electron chi connectivity index (χ1n) is 11.4. The monoisotopic (exact) mass is 563 g/mol. The zero-order chi connectivity index (χ0) is 25.4. The Morgan fingerprint density at radius 3 is 2.61 bits per heavy atom. The molecule has 36 heavy (non-hydrogen) atoms. The van der Waals surface area contributed by atoms with Crippen LogP contribution < -0.4 is 10.3 Å². The standard InChI is InChI=1S/C28H23BrClN3O3/c1-28(2,3)16-35-25-20(29)12-17(13-21(25)30)15-31-33-26(24-14-18-8-4-7-11-23(18)36-24)32-22-10-6-5-9-19(22)27(33)34/h4-15H,16H2,1-3H3. The van der Waals surface area contributed by atoms with Gasteiger partial charge in [-0.05, 0) is 63.3 Å². The number of benzene rings is 3. The van der Waals surface area contributed by atoms with E-state index in [1.165, 1.54) is 4.68 Å². The van der Waals surface area contributed by atoms with Crippen LogP contribution in [0.15, 0.2) is 85.5 Å². The molecule has 5 aromatic rings. The normalized spacial score (nSPS) is 12.1. The van der Waals surface area contributed by atoms with Crippen LogP contribution in [0, 0.1) is 5.41 Å². The van der Waals surface area contributed by atoms with Crippen molar-refractivity contribution in [2.24, 2.45) is 10.5 Å². The largest absolute Gasteiger partial charge is 0.490 e. The van der Waals surface area contributed by atoms with E-state index in [0.29, 0.717) is 55.5 Å². The van der Waals surface area contributed by atoms with Crippen molar-refractivity contribution in [1.82, 2.24) is 9.66 Å². The van der Waals surface area contributed by atoms with Gasteiger partial charge >= 0.3 is 0 Å². The summed E-state index contributed by atoms with van der Waals surface area (Å²) in [7, 11) is 0. The van der Waals surface area contributed by atoms with Gasteiger partial charge in [0.2, 0.25) is 5.82 Å². The zero-order valence-corrected chi connectivity index (χ0v) is 22.3. The molecule has 3 aromatic carbocycles. The van der Waals surface area contributed by atoms with E-state index >= 15 is 0 Å². The van der Waals surface area contributed by atoms with Gasteiger partial charge in [-0.15, -0.1) is 0 Å². The van der Waals surface area contributed by atoms with E-state index < -0.39 is 0 Å².